The van der Waals surface area contributed by atoms with E-state index >= 15 is 0 Å². The summed E-state index contributed by atoms with van der Waals surface area (Å²) in [7, 11) is 0. The van der Waals surface area contributed by atoms with Gasteiger partial charge in [0.15, 0.2) is 5.58 Å². The molecule has 230 valence electrons. The van der Waals surface area contributed by atoms with Crippen molar-refractivity contribution in [2.75, 3.05) is 4.90 Å². The minimum atomic E-state index is 0.808. The van der Waals surface area contributed by atoms with Gasteiger partial charge in [0.25, 0.3) is 0 Å². The Hall–Kier alpha value is -6.65. The number of benzene rings is 7. The zero-order valence-electron chi connectivity index (χ0n) is 26.5. The highest BCUT2D eigenvalue weighted by molar-refractivity contribution is 6.13. The maximum atomic E-state index is 6.31. The Labute approximate surface area is 282 Å². The molecule has 0 fully saturated rings. The number of furan rings is 1. The number of para-hydroxylation sites is 3. The molecule has 4 heteroatoms. The molecule has 0 aliphatic rings. The number of anilines is 3. The summed E-state index contributed by atoms with van der Waals surface area (Å²) in [6, 6.07) is 60.1. The molecule has 0 saturated heterocycles. The third kappa shape index (κ3) is 4.42. The fourth-order valence-electron chi connectivity index (χ4n) is 7.35. The first-order valence-corrected chi connectivity index (χ1v) is 16.5. The molecular formula is C45H29N3O. The van der Waals surface area contributed by atoms with Crippen molar-refractivity contribution in [1.29, 1.82) is 0 Å². The van der Waals surface area contributed by atoms with E-state index in [4.69, 9.17) is 9.40 Å². The molecule has 0 spiro atoms. The lowest BCUT2D eigenvalue weighted by atomic mass is 10.1. The smallest absolute Gasteiger partial charge is 0.161 e. The molecule has 0 amide bonds. The van der Waals surface area contributed by atoms with Crippen LogP contribution < -0.4 is 4.90 Å². The molecule has 4 nitrogen and oxygen atoms in total. The quantitative estimate of drug-likeness (QED) is 0.190. The Balaban J connectivity index is 1.12. The Morgan fingerprint density at radius 1 is 0.469 bits per heavy atom. The zero-order valence-corrected chi connectivity index (χ0v) is 26.5. The van der Waals surface area contributed by atoms with Crippen LogP contribution in [0.25, 0.3) is 71.5 Å². The molecule has 0 atom stereocenters. The van der Waals surface area contributed by atoms with Crippen molar-refractivity contribution in [1.82, 2.24) is 9.55 Å². The Kier molecular flexibility index (Phi) is 6.15. The number of aromatic nitrogens is 2. The van der Waals surface area contributed by atoms with Gasteiger partial charge in [0, 0.05) is 56.1 Å². The van der Waals surface area contributed by atoms with Crippen LogP contribution >= 0.6 is 0 Å². The van der Waals surface area contributed by atoms with E-state index < -0.39 is 0 Å². The first-order valence-electron chi connectivity index (χ1n) is 16.5. The summed E-state index contributed by atoms with van der Waals surface area (Å²) in [5.41, 5.74) is 10.2. The van der Waals surface area contributed by atoms with Crippen LogP contribution in [0, 0.1) is 0 Å². The monoisotopic (exact) mass is 627 g/mol. The lowest BCUT2D eigenvalue weighted by Crippen LogP contribution is -2.10. The minimum Gasteiger partial charge on any atom is -0.454 e. The van der Waals surface area contributed by atoms with Gasteiger partial charge in [-0.15, -0.1) is 0 Å². The van der Waals surface area contributed by atoms with Crippen LogP contribution in [0.1, 0.15) is 0 Å². The van der Waals surface area contributed by atoms with E-state index in [2.05, 4.69) is 155 Å². The van der Waals surface area contributed by atoms with Crippen molar-refractivity contribution in [3.8, 4) is 16.9 Å². The second-order valence-electron chi connectivity index (χ2n) is 12.4. The van der Waals surface area contributed by atoms with Crippen LogP contribution in [-0.4, -0.2) is 9.55 Å². The normalized spacial score (nSPS) is 11.7. The second kappa shape index (κ2) is 11.0. The van der Waals surface area contributed by atoms with E-state index in [0.29, 0.717) is 0 Å². The molecule has 3 aromatic heterocycles. The van der Waals surface area contributed by atoms with Gasteiger partial charge in [-0.1, -0.05) is 97.1 Å². The first-order chi connectivity index (χ1) is 24.3. The van der Waals surface area contributed by atoms with E-state index in [0.717, 1.165) is 55.9 Å². The Morgan fingerprint density at radius 2 is 1.16 bits per heavy atom. The molecule has 0 aliphatic heterocycles. The van der Waals surface area contributed by atoms with Crippen LogP contribution in [0.15, 0.2) is 180 Å². The maximum Gasteiger partial charge on any atom is 0.161 e. The lowest BCUT2D eigenvalue weighted by molar-refractivity contribution is 0.668. The molecule has 0 bridgehead atoms. The molecule has 0 saturated carbocycles. The molecule has 10 rings (SSSR count). The number of nitrogens with zero attached hydrogens (tertiary/aromatic N) is 3. The molecular weight excluding hydrogens is 599 g/mol. The fourth-order valence-corrected chi connectivity index (χ4v) is 7.35. The second-order valence-corrected chi connectivity index (χ2v) is 12.4. The fraction of sp³-hybridized carbons (Fsp3) is 0. The summed E-state index contributed by atoms with van der Waals surface area (Å²) in [5, 5.41) is 7.15. The van der Waals surface area contributed by atoms with E-state index in [9.17, 15) is 0 Å². The van der Waals surface area contributed by atoms with Gasteiger partial charge in [0.1, 0.15) is 11.3 Å². The largest absolute Gasteiger partial charge is 0.454 e. The van der Waals surface area contributed by atoms with E-state index in [1.54, 1.807) is 0 Å². The van der Waals surface area contributed by atoms with Gasteiger partial charge in [-0.25, -0.2) is 0 Å². The summed E-state index contributed by atoms with van der Waals surface area (Å²) in [6.45, 7) is 0. The van der Waals surface area contributed by atoms with Gasteiger partial charge in [-0.3, -0.25) is 4.98 Å². The predicted molar refractivity (Wildman–Crippen MR) is 203 cm³/mol. The van der Waals surface area contributed by atoms with E-state index in [-0.39, 0.29) is 0 Å². The SMILES string of the molecule is c1ccc(N(c2ccc(-c3nccc4c3oc3ccccc34)cc2)c2cccc(-n3c4ccccc4c4cc5ccccc5cc43)c2)cc1. The minimum absolute atomic E-state index is 0.808. The molecule has 49 heavy (non-hydrogen) atoms. The number of hydrogen-bond acceptors (Lipinski definition) is 3. The van der Waals surface area contributed by atoms with Crippen LogP contribution in [-0.2, 0) is 0 Å². The summed E-state index contributed by atoms with van der Waals surface area (Å²) >= 11 is 0. The molecule has 0 radical (unpaired) electrons. The van der Waals surface area contributed by atoms with Crippen molar-refractivity contribution in [2.45, 2.75) is 0 Å². The van der Waals surface area contributed by atoms with E-state index in [1.165, 1.54) is 32.6 Å². The molecule has 10 aromatic rings. The van der Waals surface area contributed by atoms with Crippen molar-refractivity contribution >= 4 is 71.6 Å². The maximum absolute atomic E-state index is 6.31. The number of fused-ring (bicyclic) bond motifs is 7. The number of rotatable bonds is 5. The summed E-state index contributed by atoms with van der Waals surface area (Å²) in [5.74, 6) is 0. The standard InChI is InChI=1S/C45H29N3O/c1-2-13-33(14-3-1)47(34-23-21-30(22-24-34)44-45-39(25-26-46-44)38-18-7-9-20-43(38)49-45)35-15-10-16-36(29-35)48-41-19-8-6-17-37(41)40-27-31-11-4-5-12-32(31)28-42(40)48/h1-29H. The average Bonchev–Trinajstić information content (AvgIpc) is 3.70. The van der Waals surface area contributed by atoms with Crippen LogP contribution in [0.4, 0.5) is 17.1 Å². The van der Waals surface area contributed by atoms with Crippen molar-refractivity contribution in [3.05, 3.63) is 176 Å². The third-order valence-corrected chi connectivity index (χ3v) is 9.59. The molecule has 3 heterocycles. The highest BCUT2D eigenvalue weighted by Gasteiger charge is 2.18. The van der Waals surface area contributed by atoms with Crippen LogP contribution in [0.5, 0.6) is 0 Å². The van der Waals surface area contributed by atoms with Crippen LogP contribution in [0.3, 0.4) is 0 Å². The molecule has 0 unspecified atom stereocenters. The Bertz CT molecular complexity index is 2830. The highest BCUT2D eigenvalue weighted by atomic mass is 16.3. The summed E-state index contributed by atoms with van der Waals surface area (Å²) < 4.78 is 8.71. The zero-order chi connectivity index (χ0) is 32.3. The van der Waals surface area contributed by atoms with Crippen molar-refractivity contribution in [2.24, 2.45) is 0 Å². The van der Waals surface area contributed by atoms with Gasteiger partial charge in [-0.2, -0.15) is 0 Å². The van der Waals surface area contributed by atoms with Crippen molar-refractivity contribution < 1.29 is 4.42 Å². The molecule has 0 aliphatic carbocycles. The Morgan fingerprint density at radius 3 is 2.02 bits per heavy atom. The summed E-state index contributed by atoms with van der Waals surface area (Å²) in [4.78, 5) is 7.07. The third-order valence-electron chi connectivity index (χ3n) is 9.59. The van der Waals surface area contributed by atoms with Crippen molar-refractivity contribution in [3.63, 3.8) is 0 Å². The molecule has 0 N–H and O–H groups in total. The predicted octanol–water partition coefficient (Wildman–Crippen LogP) is 12.4. The van der Waals surface area contributed by atoms with Gasteiger partial charge in [-0.05, 0) is 83.6 Å². The van der Waals surface area contributed by atoms with Gasteiger partial charge in [0.05, 0.1) is 11.0 Å². The first kappa shape index (κ1) is 27.5. The molecule has 7 aromatic carbocycles. The van der Waals surface area contributed by atoms with Crippen LogP contribution in [0.2, 0.25) is 0 Å². The van der Waals surface area contributed by atoms with Gasteiger partial charge >= 0.3 is 0 Å². The van der Waals surface area contributed by atoms with Gasteiger partial charge in [0.2, 0.25) is 0 Å². The van der Waals surface area contributed by atoms with E-state index in [1.807, 2.05) is 30.5 Å². The lowest BCUT2D eigenvalue weighted by Gasteiger charge is -2.26. The average molecular weight is 628 g/mol. The number of hydrogen-bond donors (Lipinski definition) is 0. The van der Waals surface area contributed by atoms with Gasteiger partial charge < -0.3 is 13.9 Å². The summed E-state index contributed by atoms with van der Waals surface area (Å²) in [6.07, 6.45) is 1.87. The topological polar surface area (TPSA) is 34.2 Å². The number of pyridine rings is 1. The highest BCUT2D eigenvalue weighted by Crippen LogP contribution is 2.40.